The molecule has 0 saturated heterocycles. The quantitative estimate of drug-likeness (QED) is 0.534. The number of benzene rings is 1. The Kier molecular flexibility index (Phi) is 5.11. The molecule has 2 unspecified atom stereocenters. The van der Waals surface area contributed by atoms with E-state index in [-0.39, 0.29) is 0 Å². The number of carbonyl (C=O) groups excluding carboxylic acids is 1. The van der Waals surface area contributed by atoms with Crippen molar-refractivity contribution in [3.63, 3.8) is 0 Å². The molecule has 1 aromatic carbocycles. The number of hydrogen-bond acceptors (Lipinski definition) is 2. The van der Waals surface area contributed by atoms with Crippen LogP contribution in [0, 0.1) is 0 Å². The van der Waals surface area contributed by atoms with Gasteiger partial charge in [-0.15, -0.1) is 0 Å². The smallest absolute Gasteiger partial charge is 0.211 e. The molecule has 2 nitrogen and oxygen atoms in total. The van der Waals surface area contributed by atoms with Gasteiger partial charge in [-0.3, -0.25) is 0 Å². The zero-order valence-corrected chi connectivity index (χ0v) is 11.2. The highest BCUT2D eigenvalue weighted by molar-refractivity contribution is 5.56. The first-order valence-electron chi connectivity index (χ1n) is 6.35. The van der Waals surface area contributed by atoms with Crippen LogP contribution in [0.5, 0.6) is 0 Å². The van der Waals surface area contributed by atoms with Crippen LogP contribution in [0.1, 0.15) is 63.5 Å². The average molecular weight is 231 g/mol. The van der Waals surface area contributed by atoms with Crippen molar-refractivity contribution in [3.8, 4) is 0 Å². The third-order valence-corrected chi connectivity index (χ3v) is 3.54. The first kappa shape index (κ1) is 13.7. The van der Waals surface area contributed by atoms with Gasteiger partial charge in [0, 0.05) is 0 Å². The highest BCUT2D eigenvalue weighted by atomic mass is 16.1. The molecule has 17 heavy (non-hydrogen) atoms. The molecule has 1 aromatic rings. The Bertz CT molecular complexity index is 419. The lowest BCUT2D eigenvalue weighted by Gasteiger charge is -2.16. The minimum atomic E-state index is 0.422. The van der Waals surface area contributed by atoms with Crippen LogP contribution < -0.4 is 0 Å². The minimum Gasteiger partial charge on any atom is -0.211 e. The van der Waals surface area contributed by atoms with E-state index in [1.807, 2.05) is 6.07 Å². The summed E-state index contributed by atoms with van der Waals surface area (Å²) in [5.41, 5.74) is 3.25. The van der Waals surface area contributed by atoms with Crippen molar-refractivity contribution >= 4 is 11.8 Å². The van der Waals surface area contributed by atoms with Crippen LogP contribution in [0.15, 0.2) is 23.2 Å². The van der Waals surface area contributed by atoms with Crippen LogP contribution in [0.25, 0.3) is 0 Å². The van der Waals surface area contributed by atoms with Gasteiger partial charge in [-0.2, -0.15) is 4.99 Å². The molecule has 0 N–H and O–H groups in total. The van der Waals surface area contributed by atoms with Gasteiger partial charge >= 0.3 is 0 Å². The Hall–Kier alpha value is -1.40. The number of nitrogens with zero attached hydrogens (tertiary/aromatic N) is 1. The van der Waals surface area contributed by atoms with Crippen molar-refractivity contribution in [2.75, 3.05) is 0 Å². The van der Waals surface area contributed by atoms with Gasteiger partial charge in [0.25, 0.3) is 0 Å². The van der Waals surface area contributed by atoms with Crippen molar-refractivity contribution in [2.24, 2.45) is 4.99 Å². The summed E-state index contributed by atoms with van der Waals surface area (Å²) in [7, 11) is 0. The van der Waals surface area contributed by atoms with Crippen molar-refractivity contribution in [1.29, 1.82) is 0 Å². The molecule has 0 aliphatic rings. The van der Waals surface area contributed by atoms with E-state index in [2.05, 4.69) is 44.8 Å². The standard InChI is InChI=1S/C15H21NO/c1-5-11(3)13-7-8-15(16-10-17)14(9-13)12(4)6-2/h7-9,11-12H,5-6H2,1-4H3. The van der Waals surface area contributed by atoms with Crippen LogP contribution in [0.3, 0.4) is 0 Å². The Morgan fingerprint density at radius 2 is 1.82 bits per heavy atom. The number of hydrogen-bond donors (Lipinski definition) is 0. The van der Waals surface area contributed by atoms with Crippen LogP contribution in [-0.2, 0) is 4.79 Å². The van der Waals surface area contributed by atoms with Crippen LogP contribution in [0.4, 0.5) is 5.69 Å². The molecular formula is C15H21NO. The molecule has 0 radical (unpaired) electrons. The third-order valence-electron chi connectivity index (χ3n) is 3.54. The molecule has 0 fully saturated rings. The summed E-state index contributed by atoms with van der Waals surface area (Å²) in [6.07, 6.45) is 3.81. The Balaban J connectivity index is 3.23. The maximum atomic E-state index is 10.4. The van der Waals surface area contributed by atoms with Gasteiger partial charge < -0.3 is 0 Å². The van der Waals surface area contributed by atoms with E-state index in [0.717, 1.165) is 24.1 Å². The fourth-order valence-corrected chi connectivity index (χ4v) is 1.88. The van der Waals surface area contributed by atoms with Gasteiger partial charge in [0.05, 0.1) is 5.69 Å². The molecule has 0 spiro atoms. The van der Waals surface area contributed by atoms with Crippen molar-refractivity contribution in [2.45, 2.75) is 52.4 Å². The van der Waals surface area contributed by atoms with E-state index >= 15 is 0 Å². The summed E-state index contributed by atoms with van der Waals surface area (Å²) in [6, 6.07) is 6.20. The van der Waals surface area contributed by atoms with Crippen molar-refractivity contribution in [1.82, 2.24) is 0 Å². The van der Waals surface area contributed by atoms with Crippen LogP contribution in [-0.4, -0.2) is 6.08 Å². The SMILES string of the molecule is CCC(C)c1ccc(N=C=O)c(C(C)CC)c1. The molecule has 0 aliphatic heterocycles. The van der Waals surface area contributed by atoms with Crippen LogP contribution >= 0.6 is 0 Å². The summed E-state index contributed by atoms with van der Waals surface area (Å²) in [6.45, 7) is 8.72. The summed E-state index contributed by atoms with van der Waals surface area (Å²) in [5, 5.41) is 0. The normalized spacial score (nSPS) is 13.9. The van der Waals surface area contributed by atoms with E-state index in [0.29, 0.717) is 11.8 Å². The van der Waals surface area contributed by atoms with E-state index in [4.69, 9.17) is 0 Å². The van der Waals surface area contributed by atoms with E-state index in [1.54, 1.807) is 6.08 Å². The van der Waals surface area contributed by atoms with E-state index < -0.39 is 0 Å². The topological polar surface area (TPSA) is 29.4 Å². The zero-order valence-electron chi connectivity index (χ0n) is 11.2. The molecule has 0 heterocycles. The van der Waals surface area contributed by atoms with Gasteiger partial charge in [-0.05, 0) is 41.9 Å². The average Bonchev–Trinajstić information content (AvgIpc) is 2.37. The van der Waals surface area contributed by atoms with Gasteiger partial charge in [-0.1, -0.05) is 39.8 Å². The number of aliphatic imine (C=N–C) groups is 1. The molecule has 0 bridgehead atoms. The molecule has 0 saturated carbocycles. The van der Waals surface area contributed by atoms with E-state index in [9.17, 15) is 4.79 Å². The lowest BCUT2D eigenvalue weighted by atomic mass is 9.90. The molecular weight excluding hydrogens is 210 g/mol. The molecule has 0 aliphatic carbocycles. The van der Waals surface area contributed by atoms with Gasteiger partial charge in [0.1, 0.15) is 0 Å². The highest BCUT2D eigenvalue weighted by Crippen LogP contribution is 2.32. The molecule has 92 valence electrons. The van der Waals surface area contributed by atoms with Gasteiger partial charge in [0.15, 0.2) is 0 Å². The predicted molar refractivity (Wildman–Crippen MR) is 71.6 cm³/mol. The van der Waals surface area contributed by atoms with Crippen molar-refractivity contribution < 1.29 is 4.79 Å². The second-order valence-electron chi connectivity index (χ2n) is 4.64. The van der Waals surface area contributed by atoms with Gasteiger partial charge in [-0.25, -0.2) is 4.79 Å². The first-order chi connectivity index (χ1) is 8.13. The zero-order chi connectivity index (χ0) is 12.8. The minimum absolute atomic E-state index is 0.422. The lowest BCUT2D eigenvalue weighted by molar-refractivity contribution is 0.565. The maximum Gasteiger partial charge on any atom is 0.240 e. The maximum absolute atomic E-state index is 10.4. The number of isocyanates is 1. The fourth-order valence-electron chi connectivity index (χ4n) is 1.88. The molecule has 0 aromatic heterocycles. The number of rotatable bonds is 5. The Labute approximate surface area is 104 Å². The molecule has 1 rings (SSSR count). The monoisotopic (exact) mass is 231 g/mol. The Morgan fingerprint density at radius 1 is 1.18 bits per heavy atom. The largest absolute Gasteiger partial charge is 0.240 e. The second-order valence-corrected chi connectivity index (χ2v) is 4.64. The third kappa shape index (κ3) is 3.28. The predicted octanol–water partition coefficient (Wildman–Crippen LogP) is 4.68. The molecule has 2 atom stereocenters. The fraction of sp³-hybridized carbons (Fsp3) is 0.533. The second kappa shape index (κ2) is 6.36. The summed E-state index contributed by atoms with van der Waals surface area (Å²) >= 11 is 0. The van der Waals surface area contributed by atoms with E-state index in [1.165, 1.54) is 5.56 Å². The summed E-state index contributed by atoms with van der Waals surface area (Å²) < 4.78 is 0. The Morgan fingerprint density at radius 3 is 2.35 bits per heavy atom. The van der Waals surface area contributed by atoms with Crippen LogP contribution in [0.2, 0.25) is 0 Å². The van der Waals surface area contributed by atoms with Gasteiger partial charge in [0.2, 0.25) is 6.08 Å². The summed E-state index contributed by atoms with van der Waals surface area (Å²) in [4.78, 5) is 14.2. The molecule has 0 amide bonds. The molecule has 2 heteroatoms. The lowest BCUT2D eigenvalue weighted by Crippen LogP contribution is -1.97. The summed E-state index contributed by atoms with van der Waals surface area (Å²) in [5.74, 6) is 0.971. The van der Waals surface area contributed by atoms with Crippen molar-refractivity contribution in [3.05, 3.63) is 29.3 Å². The first-order valence-corrected chi connectivity index (χ1v) is 6.35. The highest BCUT2D eigenvalue weighted by Gasteiger charge is 2.12.